The van der Waals surface area contributed by atoms with Crippen LogP contribution in [0, 0.1) is 0 Å². The molecular weight excluding hydrogens is 409 g/mol. The zero-order valence-corrected chi connectivity index (χ0v) is 14.9. The van der Waals surface area contributed by atoms with Gasteiger partial charge in [-0.2, -0.15) is 0 Å². The first kappa shape index (κ1) is 19.6. The summed E-state index contributed by atoms with van der Waals surface area (Å²) in [5.74, 6) is -1.19. The van der Waals surface area contributed by atoms with Crippen LogP contribution in [-0.4, -0.2) is 19.2 Å². The second-order valence-electron chi connectivity index (χ2n) is 4.91. The van der Waals surface area contributed by atoms with Gasteiger partial charge in [0, 0.05) is 27.8 Å². The van der Waals surface area contributed by atoms with E-state index in [0.717, 1.165) is 16.6 Å². The molecule has 26 heavy (non-hydrogen) atoms. The molecule has 0 bridgehead atoms. The summed E-state index contributed by atoms with van der Waals surface area (Å²) < 4.78 is 35.5. The van der Waals surface area contributed by atoms with E-state index in [2.05, 4.69) is 27.2 Å². The van der Waals surface area contributed by atoms with Crippen molar-refractivity contribution in [3.8, 4) is 5.75 Å². The van der Waals surface area contributed by atoms with E-state index in [1.54, 1.807) is 24.3 Å². The van der Waals surface area contributed by atoms with Gasteiger partial charge in [-0.15, -0.1) is 0 Å². The van der Waals surface area contributed by atoms with E-state index in [1.807, 2.05) is 0 Å². The van der Waals surface area contributed by atoms with E-state index < -0.39 is 19.2 Å². The van der Waals surface area contributed by atoms with Crippen molar-refractivity contribution in [2.24, 2.45) is 0 Å². The van der Waals surface area contributed by atoms with Crippen LogP contribution >= 0.6 is 15.9 Å². The Kier molecular flexibility index (Phi) is 6.85. The van der Waals surface area contributed by atoms with Gasteiger partial charge in [0.1, 0.15) is 11.5 Å². The minimum absolute atomic E-state index is 0.218. The van der Waals surface area contributed by atoms with Crippen LogP contribution in [0.25, 0.3) is 5.76 Å². The maximum absolute atomic E-state index is 12.7. The topological polar surface area (TPSA) is 52.6 Å². The summed E-state index contributed by atoms with van der Waals surface area (Å²) in [6.45, 7) is 3.28. The smallest absolute Gasteiger partial charge is 0.505 e. The van der Waals surface area contributed by atoms with Crippen molar-refractivity contribution < 1.29 is 27.6 Å². The number of allylic oxidation sites excluding steroid dienone is 1. The number of ketones is 1. The number of benzene rings is 2. The first-order valence-electron chi connectivity index (χ1n) is 7.30. The number of hydrogen-bond acceptors (Lipinski definition) is 4. The number of esters is 1. The molecule has 0 N–H and O–H groups in total. The highest BCUT2D eigenvalue weighted by Crippen LogP contribution is 2.22. The molecule has 0 unspecified atom stereocenters. The van der Waals surface area contributed by atoms with Crippen molar-refractivity contribution >= 4 is 40.9 Å². The van der Waals surface area contributed by atoms with E-state index >= 15 is 0 Å². The van der Waals surface area contributed by atoms with Gasteiger partial charge in [-0.05, 0) is 36.4 Å². The van der Waals surface area contributed by atoms with Gasteiger partial charge in [0.25, 0.3) is 0 Å². The molecule has 2 rings (SSSR count). The molecule has 0 amide bonds. The molecule has 132 valence electrons. The molecule has 0 saturated heterocycles. The fraction of sp³-hybridized carbons (Fsp3) is 0. The van der Waals surface area contributed by atoms with Gasteiger partial charge in [-0.1, -0.05) is 34.6 Å². The lowest BCUT2D eigenvalue weighted by molar-refractivity contribution is -0.128. The molecule has 0 aliphatic heterocycles. The lowest BCUT2D eigenvalue weighted by Gasteiger charge is -2.09. The standard InChI is InChI=1S/C18H12BBrF2O4/c1-2-18(24)25-15-9-5-12(6-10-15)16(23)11-17(26-19(21)22)13-3-7-14(20)8-4-13/h2-11H,1H2/b17-11-. The molecule has 0 radical (unpaired) electrons. The van der Waals surface area contributed by atoms with Crippen molar-refractivity contribution in [1.82, 2.24) is 0 Å². The van der Waals surface area contributed by atoms with Crippen LogP contribution in [0.1, 0.15) is 15.9 Å². The van der Waals surface area contributed by atoms with Gasteiger partial charge >= 0.3 is 13.4 Å². The minimum atomic E-state index is -3.07. The van der Waals surface area contributed by atoms with Gasteiger partial charge < -0.3 is 9.39 Å². The highest BCUT2D eigenvalue weighted by atomic mass is 79.9. The Balaban J connectivity index is 2.25. The highest BCUT2D eigenvalue weighted by molar-refractivity contribution is 9.10. The lowest BCUT2D eigenvalue weighted by atomic mass is 10.1. The molecule has 2 aromatic rings. The molecule has 2 aromatic carbocycles. The van der Waals surface area contributed by atoms with E-state index in [4.69, 9.17) is 4.74 Å². The van der Waals surface area contributed by atoms with Crippen LogP contribution in [0.5, 0.6) is 5.75 Å². The third-order valence-corrected chi connectivity index (χ3v) is 3.66. The summed E-state index contributed by atoms with van der Waals surface area (Å²) in [7, 11) is -3.07. The Labute approximate surface area is 157 Å². The van der Waals surface area contributed by atoms with Crippen LogP contribution in [0.2, 0.25) is 0 Å². The summed E-state index contributed by atoms with van der Waals surface area (Å²) in [6, 6.07) is 12.0. The van der Waals surface area contributed by atoms with Crippen LogP contribution in [-0.2, 0) is 9.45 Å². The molecule has 0 fully saturated rings. The zero-order valence-electron chi connectivity index (χ0n) is 13.3. The molecular formula is C18H12BBrF2O4. The van der Waals surface area contributed by atoms with Gasteiger partial charge in [0.05, 0.1) is 0 Å². The Morgan fingerprint density at radius 2 is 1.58 bits per heavy atom. The fourth-order valence-electron chi connectivity index (χ4n) is 1.94. The zero-order chi connectivity index (χ0) is 19.1. The number of halogens is 3. The number of carbonyl (C=O) groups is 2. The van der Waals surface area contributed by atoms with Crippen LogP contribution < -0.4 is 4.74 Å². The Bertz CT molecular complexity index is 833. The molecule has 0 aromatic heterocycles. The predicted octanol–water partition coefficient (Wildman–Crippen LogP) is 4.70. The molecule has 0 spiro atoms. The van der Waals surface area contributed by atoms with Gasteiger partial charge in [-0.25, -0.2) is 13.4 Å². The van der Waals surface area contributed by atoms with E-state index in [0.29, 0.717) is 5.56 Å². The average Bonchev–Trinajstić information content (AvgIpc) is 2.62. The summed E-state index contributed by atoms with van der Waals surface area (Å²) in [5, 5.41) is 0. The van der Waals surface area contributed by atoms with Crippen molar-refractivity contribution in [1.29, 1.82) is 0 Å². The van der Waals surface area contributed by atoms with Crippen molar-refractivity contribution in [2.45, 2.75) is 0 Å². The molecule has 0 heterocycles. The SMILES string of the molecule is C=CC(=O)Oc1ccc(C(=O)/C=C(\OB(F)F)c2ccc(Br)cc2)cc1. The molecule has 4 nitrogen and oxygen atoms in total. The quantitative estimate of drug-likeness (QED) is 0.162. The normalized spacial score (nSPS) is 10.8. The second-order valence-corrected chi connectivity index (χ2v) is 5.82. The van der Waals surface area contributed by atoms with Crippen LogP contribution in [0.3, 0.4) is 0 Å². The molecule has 0 aliphatic rings. The molecule has 0 atom stereocenters. The van der Waals surface area contributed by atoms with Gasteiger partial charge in [0.15, 0.2) is 5.78 Å². The second kappa shape index (κ2) is 9.10. The Morgan fingerprint density at radius 3 is 2.12 bits per heavy atom. The predicted molar refractivity (Wildman–Crippen MR) is 97.8 cm³/mol. The largest absolute Gasteiger partial charge is 0.796 e. The Hall–Kier alpha value is -2.74. The Morgan fingerprint density at radius 1 is 1.00 bits per heavy atom. The van der Waals surface area contributed by atoms with Gasteiger partial charge in [0.2, 0.25) is 0 Å². The third kappa shape index (κ3) is 5.66. The number of ether oxygens (including phenoxy) is 1. The highest BCUT2D eigenvalue weighted by Gasteiger charge is 2.21. The van der Waals surface area contributed by atoms with Crippen LogP contribution in [0.4, 0.5) is 8.63 Å². The summed E-state index contributed by atoms with van der Waals surface area (Å²) in [6.07, 6.45) is 1.99. The number of rotatable bonds is 7. The van der Waals surface area contributed by atoms with Crippen molar-refractivity contribution in [2.75, 3.05) is 0 Å². The first-order chi connectivity index (χ1) is 12.4. The first-order valence-corrected chi connectivity index (χ1v) is 8.09. The third-order valence-electron chi connectivity index (χ3n) is 3.13. The van der Waals surface area contributed by atoms with Crippen molar-refractivity contribution in [3.63, 3.8) is 0 Å². The fourth-order valence-corrected chi connectivity index (χ4v) is 2.21. The van der Waals surface area contributed by atoms with Gasteiger partial charge in [-0.3, -0.25) is 4.79 Å². The maximum Gasteiger partial charge on any atom is 0.796 e. The minimum Gasteiger partial charge on any atom is -0.505 e. The van der Waals surface area contributed by atoms with Crippen LogP contribution in [0.15, 0.2) is 71.7 Å². The number of hydrogen-bond donors (Lipinski definition) is 0. The lowest BCUT2D eigenvalue weighted by Crippen LogP contribution is -2.07. The van der Waals surface area contributed by atoms with E-state index in [1.165, 1.54) is 24.3 Å². The van der Waals surface area contributed by atoms with E-state index in [9.17, 15) is 18.2 Å². The summed E-state index contributed by atoms with van der Waals surface area (Å²) in [4.78, 5) is 23.5. The monoisotopic (exact) mass is 420 g/mol. The summed E-state index contributed by atoms with van der Waals surface area (Å²) in [5.41, 5.74) is 0.550. The summed E-state index contributed by atoms with van der Waals surface area (Å²) >= 11 is 3.24. The average molecular weight is 421 g/mol. The van der Waals surface area contributed by atoms with E-state index in [-0.39, 0.29) is 17.1 Å². The maximum atomic E-state index is 12.7. The molecule has 8 heteroatoms. The number of carbonyl (C=O) groups excluding carboxylic acids is 2. The molecule has 0 saturated carbocycles. The molecule has 0 aliphatic carbocycles. The van der Waals surface area contributed by atoms with Crippen molar-refractivity contribution in [3.05, 3.63) is 82.9 Å².